The summed E-state index contributed by atoms with van der Waals surface area (Å²) < 4.78 is 33.5. The third-order valence-electron chi connectivity index (χ3n) is 5.73. The van der Waals surface area contributed by atoms with E-state index in [1.165, 1.54) is 25.3 Å². The van der Waals surface area contributed by atoms with Crippen LogP contribution in [-0.4, -0.2) is 39.0 Å². The van der Waals surface area contributed by atoms with Crippen molar-refractivity contribution < 1.29 is 27.9 Å². The number of nitrogens with one attached hydrogen (secondary N) is 2. The molecule has 0 saturated carbocycles. The maximum Gasteiger partial charge on any atom is 0.262 e. The van der Waals surface area contributed by atoms with Crippen LogP contribution in [0.1, 0.15) is 12.0 Å². The molecular weight excluding hydrogens is 470 g/mol. The summed E-state index contributed by atoms with van der Waals surface area (Å²) in [6.07, 6.45) is 0.00776. The number of ether oxygens (including phenoxy) is 1. The van der Waals surface area contributed by atoms with Gasteiger partial charge in [-0.15, -0.1) is 0 Å². The van der Waals surface area contributed by atoms with E-state index >= 15 is 0 Å². The molecule has 3 N–H and O–H groups in total. The fourth-order valence-electron chi connectivity index (χ4n) is 3.81. The smallest absolute Gasteiger partial charge is 0.262 e. The van der Waals surface area contributed by atoms with E-state index in [-0.39, 0.29) is 40.9 Å². The summed E-state index contributed by atoms with van der Waals surface area (Å²) in [6.45, 7) is 2.13. The number of benzene rings is 3. The van der Waals surface area contributed by atoms with Crippen molar-refractivity contribution in [3.8, 4) is 11.5 Å². The van der Waals surface area contributed by atoms with Gasteiger partial charge in [-0.05, 0) is 49.4 Å². The molecule has 3 aromatic carbocycles. The van der Waals surface area contributed by atoms with Gasteiger partial charge < -0.3 is 20.1 Å². The lowest BCUT2D eigenvalue weighted by atomic mass is 10.1. The number of carbonyl (C=O) groups is 2. The molecule has 0 bridgehead atoms. The number of methoxy groups -OCH3 is 1. The van der Waals surface area contributed by atoms with Crippen molar-refractivity contribution in [3.05, 3.63) is 72.3 Å². The molecule has 0 aliphatic carbocycles. The Labute approximate surface area is 203 Å². The van der Waals surface area contributed by atoms with Gasteiger partial charge in [-0.3, -0.25) is 14.3 Å². The van der Waals surface area contributed by atoms with Gasteiger partial charge in [-0.1, -0.05) is 29.8 Å². The van der Waals surface area contributed by atoms with Crippen LogP contribution in [0.3, 0.4) is 0 Å². The van der Waals surface area contributed by atoms with Gasteiger partial charge in [0.1, 0.15) is 11.5 Å². The van der Waals surface area contributed by atoms with Crippen molar-refractivity contribution in [2.45, 2.75) is 18.2 Å². The molecule has 35 heavy (non-hydrogen) atoms. The van der Waals surface area contributed by atoms with Crippen molar-refractivity contribution >= 4 is 38.9 Å². The zero-order chi connectivity index (χ0) is 25.2. The SMILES string of the molecule is COc1ccccc1NS(=O)(=O)c1ccc(O)c(NC(=O)C2CC(=O)N(c3ccc(C)cc3)C2)c1. The van der Waals surface area contributed by atoms with E-state index in [0.717, 1.165) is 5.56 Å². The van der Waals surface area contributed by atoms with E-state index in [9.17, 15) is 23.1 Å². The Bertz CT molecular complexity index is 1370. The van der Waals surface area contributed by atoms with Gasteiger partial charge in [0, 0.05) is 18.7 Å². The summed E-state index contributed by atoms with van der Waals surface area (Å²) in [5, 5.41) is 12.8. The van der Waals surface area contributed by atoms with E-state index in [1.54, 1.807) is 29.2 Å². The molecule has 10 heteroatoms. The lowest BCUT2D eigenvalue weighted by Gasteiger charge is -2.17. The number of carbonyl (C=O) groups excluding carboxylic acids is 2. The molecule has 0 radical (unpaired) electrons. The van der Waals surface area contributed by atoms with E-state index < -0.39 is 21.8 Å². The first-order valence-electron chi connectivity index (χ1n) is 10.8. The maximum atomic E-state index is 12.9. The molecule has 1 aliphatic rings. The average Bonchev–Trinajstić information content (AvgIpc) is 3.22. The van der Waals surface area contributed by atoms with E-state index in [0.29, 0.717) is 11.4 Å². The number of sulfonamides is 1. The first kappa shape index (κ1) is 24.1. The topological polar surface area (TPSA) is 125 Å². The van der Waals surface area contributed by atoms with Crippen LogP contribution in [0.5, 0.6) is 11.5 Å². The molecule has 3 aromatic rings. The molecule has 4 rings (SSSR count). The van der Waals surface area contributed by atoms with Gasteiger partial charge in [0.25, 0.3) is 10.0 Å². The molecule has 1 heterocycles. The molecule has 1 atom stereocenters. The quantitative estimate of drug-likeness (QED) is 0.431. The number of phenolic OH excluding ortho intramolecular Hbond substituents is 1. The monoisotopic (exact) mass is 495 g/mol. The average molecular weight is 496 g/mol. The molecule has 1 aliphatic heterocycles. The predicted molar refractivity (Wildman–Crippen MR) is 132 cm³/mol. The van der Waals surface area contributed by atoms with Gasteiger partial charge in [0.2, 0.25) is 11.8 Å². The number of rotatable bonds is 7. The number of anilines is 3. The third kappa shape index (κ3) is 5.22. The molecule has 182 valence electrons. The fraction of sp³-hybridized carbons (Fsp3) is 0.200. The normalized spacial score (nSPS) is 15.7. The molecular formula is C25H25N3O6S. The van der Waals surface area contributed by atoms with Gasteiger partial charge in [-0.25, -0.2) is 8.42 Å². The summed E-state index contributed by atoms with van der Waals surface area (Å²) in [5.74, 6) is -1.29. The molecule has 1 saturated heterocycles. The number of phenols is 1. The summed E-state index contributed by atoms with van der Waals surface area (Å²) >= 11 is 0. The zero-order valence-corrected chi connectivity index (χ0v) is 20.0. The Morgan fingerprint density at radius 2 is 1.77 bits per heavy atom. The predicted octanol–water partition coefficient (Wildman–Crippen LogP) is 3.50. The first-order chi connectivity index (χ1) is 16.7. The Morgan fingerprint density at radius 1 is 1.06 bits per heavy atom. The largest absolute Gasteiger partial charge is 0.506 e. The molecule has 2 amide bonds. The summed E-state index contributed by atoms with van der Waals surface area (Å²) in [6, 6.07) is 17.5. The van der Waals surface area contributed by atoms with Crippen LogP contribution in [0, 0.1) is 12.8 Å². The van der Waals surface area contributed by atoms with E-state index in [1.807, 2.05) is 31.2 Å². The molecule has 1 unspecified atom stereocenters. The van der Waals surface area contributed by atoms with Gasteiger partial charge >= 0.3 is 0 Å². The number of hydrogen-bond donors (Lipinski definition) is 3. The van der Waals surface area contributed by atoms with Crippen LogP contribution in [0.4, 0.5) is 17.1 Å². The fourth-order valence-corrected chi connectivity index (χ4v) is 4.90. The van der Waals surface area contributed by atoms with Gasteiger partial charge in [0.05, 0.1) is 29.3 Å². The number of hydrogen-bond acceptors (Lipinski definition) is 6. The van der Waals surface area contributed by atoms with Crippen molar-refractivity contribution in [1.29, 1.82) is 0 Å². The van der Waals surface area contributed by atoms with E-state index in [2.05, 4.69) is 10.0 Å². The highest BCUT2D eigenvalue weighted by Gasteiger charge is 2.35. The lowest BCUT2D eigenvalue weighted by molar-refractivity contribution is -0.122. The minimum atomic E-state index is -4.05. The second-order valence-electron chi connectivity index (χ2n) is 8.21. The zero-order valence-electron chi connectivity index (χ0n) is 19.2. The molecule has 0 aromatic heterocycles. The van der Waals surface area contributed by atoms with Crippen LogP contribution in [-0.2, 0) is 19.6 Å². The maximum absolute atomic E-state index is 12.9. The Morgan fingerprint density at radius 3 is 2.49 bits per heavy atom. The van der Waals surface area contributed by atoms with Crippen molar-refractivity contribution in [1.82, 2.24) is 0 Å². The number of nitrogens with zero attached hydrogens (tertiary/aromatic N) is 1. The van der Waals surface area contributed by atoms with Crippen LogP contribution >= 0.6 is 0 Å². The highest BCUT2D eigenvalue weighted by molar-refractivity contribution is 7.92. The number of aryl methyl sites for hydroxylation is 1. The highest BCUT2D eigenvalue weighted by Crippen LogP contribution is 2.32. The van der Waals surface area contributed by atoms with E-state index in [4.69, 9.17) is 4.74 Å². The molecule has 0 spiro atoms. The molecule has 1 fully saturated rings. The Hall–Kier alpha value is -4.05. The van der Waals surface area contributed by atoms with Crippen LogP contribution < -0.4 is 19.7 Å². The summed E-state index contributed by atoms with van der Waals surface area (Å²) in [7, 11) is -2.63. The van der Waals surface area contributed by atoms with Crippen molar-refractivity contribution in [2.75, 3.05) is 28.6 Å². The van der Waals surface area contributed by atoms with Gasteiger partial charge in [-0.2, -0.15) is 0 Å². The van der Waals surface area contributed by atoms with Crippen molar-refractivity contribution in [3.63, 3.8) is 0 Å². The first-order valence-corrected chi connectivity index (χ1v) is 12.3. The summed E-state index contributed by atoms with van der Waals surface area (Å²) in [4.78, 5) is 26.8. The number of aromatic hydroxyl groups is 1. The second kappa shape index (κ2) is 9.67. The summed E-state index contributed by atoms with van der Waals surface area (Å²) in [5.41, 5.74) is 1.93. The highest BCUT2D eigenvalue weighted by atomic mass is 32.2. The van der Waals surface area contributed by atoms with Crippen LogP contribution in [0.15, 0.2) is 71.6 Å². The van der Waals surface area contributed by atoms with Crippen LogP contribution in [0.2, 0.25) is 0 Å². The second-order valence-corrected chi connectivity index (χ2v) is 9.90. The minimum absolute atomic E-state index is 0.00776. The Balaban J connectivity index is 1.50. The lowest BCUT2D eigenvalue weighted by Crippen LogP contribution is -2.28. The van der Waals surface area contributed by atoms with Crippen molar-refractivity contribution in [2.24, 2.45) is 5.92 Å². The number of amides is 2. The van der Waals surface area contributed by atoms with Gasteiger partial charge in [0.15, 0.2) is 0 Å². The third-order valence-corrected chi connectivity index (χ3v) is 7.09. The minimum Gasteiger partial charge on any atom is -0.506 e. The standard InChI is InChI=1S/C25H25N3O6S/c1-16-7-9-18(10-8-16)28-15-17(13-24(28)30)25(31)26-21-14-19(11-12-22(21)29)35(32,33)27-20-5-3-4-6-23(20)34-2/h3-12,14,17,27,29H,13,15H2,1-2H3,(H,26,31). The van der Waals surface area contributed by atoms with Crippen LogP contribution in [0.25, 0.3) is 0 Å². The number of para-hydroxylation sites is 2. The Kier molecular flexibility index (Phi) is 6.65. The molecule has 9 nitrogen and oxygen atoms in total.